The average molecular weight is 412 g/mol. The molecule has 1 aliphatic rings. The molecule has 150 valence electrons. The van der Waals surface area contributed by atoms with Crippen LogP contribution >= 0.6 is 0 Å². The van der Waals surface area contributed by atoms with E-state index in [2.05, 4.69) is 43.9 Å². The Morgan fingerprint density at radius 1 is 1.26 bits per heavy atom. The summed E-state index contributed by atoms with van der Waals surface area (Å²) in [7, 11) is -5.41. The SMILES string of the molecule is CC(C)(C)[Si](C)(C)OCc1cn2nc(C3CC3)cc(COS(C)(=O)=O)c2n1. The fourth-order valence-corrected chi connectivity index (χ4v) is 3.79. The van der Waals surface area contributed by atoms with Crippen LogP contribution in [0.5, 0.6) is 0 Å². The van der Waals surface area contributed by atoms with Crippen LogP contribution < -0.4 is 0 Å². The summed E-state index contributed by atoms with van der Waals surface area (Å²) in [5.41, 5.74) is 3.11. The second kappa shape index (κ2) is 6.95. The highest BCUT2D eigenvalue weighted by Crippen LogP contribution is 2.39. The van der Waals surface area contributed by atoms with E-state index in [1.165, 1.54) is 0 Å². The Morgan fingerprint density at radius 3 is 2.48 bits per heavy atom. The highest BCUT2D eigenvalue weighted by Gasteiger charge is 2.37. The van der Waals surface area contributed by atoms with Crippen molar-refractivity contribution in [1.29, 1.82) is 0 Å². The Kier molecular flexibility index (Phi) is 5.26. The molecule has 0 bridgehead atoms. The monoisotopic (exact) mass is 411 g/mol. The lowest BCUT2D eigenvalue weighted by Gasteiger charge is -2.35. The number of nitrogens with zero attached hydrogens (tertiary/aromatic N) is 3. The number of hydrogen-bond acceptors (Lipinski definition) is 6. The fraction of sp³-hybridized carbons (Fsp3) is 0.667. The second-order valence-electron chi connectivity index (χ2n) is 8.88. The van der Waals surface area contributed by atoms with Crippen molar-refractivity contribution in [3.63, 3.8) is 0 Å². The second-order valence-corrected chi connectivity index (χ2v) is 15.3. The average Bonchev–Trinajstić information content (AvgIpc) is 3.28. The van der Waals surface area contributed by atoms with Crippen LogP contribution in [0, 0.1) is 0 Å². The Labute approximate surface area is 162 Å². The van der Waals surface area contributed by atoms with Gasteiger partial charge in [0.1, 0.15) is 0 Å². The van der Waals surface area contributed by atoms with E-state index in [1.54, 1.807) is 4.52 Å². The minimum absolute atomic E-state index is 0.0376. The van der Waals surface area contributed by atoms with Crippen LogP contribution in [0.25, 0.3) is 5.65 Å². The molecule has 0 spiro atoms. The van der Waals surface area contributed by atoms with E-state index in [0.717, 1.165) is 36.0 Å². The summed E-state index contributed by atoms with van der Waals surface area (Å²) in [6, 6.07) is 1.92. The van der Waals surface area contributed by atoms with Crippen LogP contribution in [-0.4, -0.2) is 37.6 Å². The molecule has 2 heterocycles. The zero-order valence-corrected chi connectivity index (χ0v) is 18.8. The molecular formula is C18H29N3O4SSi. The summed E-state index contributed by atoms with van der Waals surface area (Å²) in [4.78, 5) is 4.64. The summed E-state index contributed by atoms with van der Waals surface area (Å²) >= 11 is 0. The minimum Gasteiger partial charge on any atom is -0.411 e. The first kappa shape index (κ1) is 20.4. The number of hydrogen-bond donors (Lipinski definition) is 0. The molecule has 0 aliphatic heterocycles. The summed E-state index contributed by atoms with van der Waals surface area (Å²) in [5, 5.41) is 4.78. The lowest BCUT2D eigenvalue weighted by Crippen LogP contribution is -2.40. The molecule has 0 N–H and O–H groups in total. The molecule has 9 heteroatoms. The predicted molar refractivity (Wildman–Crippen MR) is 107 cm³/mol. The van der Waals surface area contributed by atoms with Crippen molar-refractivity contribution in [2.45, 2.75) is 70.9 Å². The van der Waals surface area contributed by atoms with E-state index in [0.29, 0.717) is 18.2 Å². The normalized spacial score (nSPS) is 16.2. The van der Waals surface area contributed by atoms with Crippen molar-refractivity contribution in [3.8, 4) is 0 Å². The van der Waals surface area contributed by atoms with E-state index >= 15 is 0 Å². The van der Waals surface area contributed by atoms with Gasteiger partial charge < -0.3 is 4.43 Å². The highest BCUT2D eigenvalue weighted by molar-refractivity contribution is 7.85. The molecule has 0 saturated heterocycles. The molecule has 0 radical (unpaired) electrons. The molecular weight excluding hydrogens is 382 g/mol. The van der Waals surface area contributed by atoms with Gasteiger partial charge in [0.15, 0.2) is 14.0 Å². The van der Waals surface area contributed by atoms with Crippen molar-refractivity contribution in [2.75, 3.05) is 6.26 Å². The molecule has 0 unspecified atom stereocenters. The minimum atomic E-state index is -3.52. The predicted octanol–water partition coefficient (Wildman–Crippen LogP) is 3.60. The van der Waals surface area contributed by atoms with Crippen LogP contribution in [-0.2, 0) is 31.9 Å². The van der Waals surface area contributed by atoms with Crippen molar-refractivity contribution in [1.82, 2.24) is 14.6 Å². The van der Waals surface area contributed by atoms with E-state index < -0.39 is 18.4 Å². The molecule has 0 amide bonds. The van der Waals surface area contributed by atoms with Crippen molar-refractivity contribution < 1.29 is 17.0 Å². The lowest BCUT2D eigenvalue weighted by molar-refractivity contribution is 0.272. The van der Waals surface area contributed by atoms with Crippen molar-refractivity contribution >= 4 is 24.1 Å². The van der Waals surface area contributed by atoms with Crippen molar-refractivity contribution in [3.05, 3.63) is 29.2 Å². The van der Waals surface area contributed by atoms with Crippen LogP contribution in [0.15, 0.2) is 12.3 Å². The number of fused-ring (bicyclic) bond motifs is 1. The van der Waals surface area contributed by atoms with Gasteiger partial charge in [0.2, 0.25) is 0 Å². The van der Waals surface area contributed by atoms with E-state index in [9.17, 15) is 8.42 Å². The molecule has 3 rings (SSSR count). The zero-order chi connectivity index (χ0) is 20.0. The van der Waals surface area contributed by atoms with Gasteiger partial charge in [-0.05, 0) is 37.0 Å². The molecule has 2 aromatic heterocycles. The Morgan fingerprint density at radius 2 is 1.93 bits per heavy atom. The summed E-state index contributed by atoms with van der Waals surface area (Å²) in [6.45, 7) is 11.4. The molecule has 27 heavy (non-hydrogen) atoms. The summed E-state index contributed by atoms with van der Waals surface area (Å²) in [5.74, 6) is 0.445. The smallest absolute Gasteiger partial charge is 0.264 e. The molecule has 2 aromatic rings. The van der Waals surface area contributed by atoms with E-state index in [4.69, 9.17) is 8.61 Å². The van der Waals surface area contributed by atoms with Gasteiger partial charge in [-0.15, -0.1) is 0 Å². The van der Waals surface area contributed by atoms with Crippen LogP contribution in [0.2, 0.25) is 18.1 Å². The van der Waals surface area contributed by atoms with Crippen LogP contribution in [0.4, 0.5) is 0 Å². The van der Waals surface area contributed by atoms with Crippen molar-refractivity contribution in [2.24, 2.45) is 0 Å². The maximum atomic E-state index is 11.4. The third-order valence-corrected chi connectivity index (χ3v) is 10.4. The first-order valence-corrected chi connectivity index (χ1v) is 13.9. The van der Waals surface area contributed by atoms with E-state index in [1.807, 2.05) is 12.3 Å². The molecule has 0 atom stereocenters. The highest BCUT2D eigenvalue weighted by atomic mass is 32.2. The summed E-state index contributed by atoms with van der Waals surface area (Å²) < 4.78 is 35.8. The van der Waals surface area contributed by atoms with Gasteiger partial charge in [0.25, 0.3) is 10.1 Å². The number of aromatic nitrogens is 3. The standard InChI is InChI=1S/C18H29N3O4SSi/c1-18(2,3)27(5,6)25-12-15-10-21-17(19-15)14(11-24-26(4,22)23)9-16(20-21)13-7-8-13/h9-10,13H,7-8,11-12H2,1-6H3. The molecule has 1 fully saturated rings. The molecule has 1 aliphatic carbocycles. The number of rotatable bonds is 7. The number of imidazole rings is 1. The van der Waals surface area contributed by atoms with Gasteiger partial charge in [0.05, 0.1) is 37.1 Å². The quantitative estimate of drug-likeness (QED) is 0.511. The van der Waals surface area contributed by atoms with Gasteiger partial charge in [-0.1, -0.05) is 20.8 Å². The third kappa shape index (κ3) is 4.95. The van der Waals surface area contributed by atoms with E-state index in [-0.39, 0.29) is 11.6 Å². The topological polar surface area (TPSA) is 82.8 Å². The van der Waals surface area contributed by atoms with Crippen LogP contribution in [0.3, 0.4) is 0 Å². The maximum absolute atomic E-state index is 11.4. The zero-order valence-electron chi connectivity index (χ0n) is 16.9. The van der Waals surface area contributed by atoms with Gasteiger partial charge in [-0.3, -0.25) is 4.18 Å². The first-order valence-electron chi connectivity index (χ1n) is 9.22. The van der Waals surface area contributed by atoms with Gasteiger partial charge >= 0.3 is 0 Å². The Bertz CT molecular complexity index is 943. The Balaban J connectivity index is 1.88. The molecule has 0 aromatic carbocycles. The first-order chi connectivity index (χ1) is 12.4. The summed E-state index contributed by atoms with van der Waals surface area (Å²) in [6.07, 6.45) is 5.15. The maximum Gasteiger partial charge on any atom is 0.264 e. The van der Waals surface area contributed by atoms with Gasteiger partial charge in [-0.2, -0.15) is 13.5 Å². The molecule has 7 nitrogen and oxygen atoms in total. The lowest BCUT2D eigenvalue weighted by atomic mass is 10.2. The van der Waals surface area contributed by atoms with Gasteiger partial charge in [0, 0.05) is 11.5 Å². The third-order valence-electron chi connectivity index (χ3n) is 5.38. The van der Waals surface area contributed by atoms with Gasteiger partial charge in [-0.25, -0.2) is 9.50 Å². The Hall–Kier alpha value is -1.29. The molecule has 1 saturated carbocycles. The van der Waals surface area contributed by atoms with Crippen LogP contribution in [0.1, 0.15) is 56.5 Å². The largest absolute Gasteiger partial charge is 0.411 e. The fourth-order valence-electron chi connectivity index (χ4n) is 2.51.